The molecule has 0 atom stereocenters. The molecule has 17 heavy (non-hydrogen) atoms. The van der Waals surface area contributed by atoms with Crippen molar-refractivity contribution in [2.24, 2.45) is 5.73 Å². The van der Waals surface area contributed by atoms with Gasteiger partial charge in [-0.05, 0) is 41.9 Å². The van der Waals surface area contributed by atoms with E-state index in [-0.39, 0.29) is 0 Å². The summed E-state index contributed by atoms with van der Waals surface area (Å²) in [6, 6.07) is 5.73. The molecule has 0 spiro atoms. The number of hydrogen-bond donors (Lipinski definition) is 1. The summed E-state index contributed by atoms with van der Waals surface area (Å²) < 4.78 is 2.60. The summed E-state index contributed by atoms with van der Waals surface area (Å²) in [6.07, 6.45) is 0. The highest BCUT2D eigenvalue weighted by Crippen LogP contribution is 2.24. The first-order valence-corrected chi connectivity index (χ1v) is 6.20. The van der Waals surface area contributed by atoms with E-state index >= 15 is 0 Å². The molecule has 0 radical (unpaired) electrons. The first-order valence-electron chi connectivity index (χ1n) is 4.99. The van der Waals surface area contributed by atoms with E-state index in [4.69, 9.17) is 18.0 Å². The topological polar surface area (TPSA) is 56.7 Å². The molecule has 0 unspecified atom stereocenters. The number of halogens is 1. The van der Waals surface area contributed by atoms with E-state index in [0.717, 1.165) is 27.4 Å². The van der Waals surface area contributed by atoms with Crippen molar-refractivity contribution in [3.63, 3.8) is 0 Å². The normalized spacial score (nSPS) is 10.5. The van der Waals surface area contributed by atoms with Crippen LogP contribution >= 0.6 is 28.1 Å². The van der Waals surface area contributed by atoms with Gasteiger partial charge in [0.05, 0.1) is 5.69 Å². The van der Waals surface area contributed by atoms with Crippen LogP contribution in [-0.4, -0.2) is 19.8 Å². The number of nitrogens with two attached hydrogens (primary N) is 1. The quantitative estimate of drug-likeness (QED) is 0.865. The van der Waals surface area contributed by atoms with Crippen molar-refractivity contribution in [3.05, 3.63) is 39.9 Å². The third-order valence-corrected chi connectivity index (χ3v) is 3.21. The molecular weight excluding hydrogens is 300 g/mol. The molecule has 0 bridgehead atoms. The van der Waals surface area contributed by atoms with E-state index in [2.05, 4.69) is 26.0 Å². The number of benzene rings is 1. The number of thiocarbonyl (C=S) groups is 1. The second-order valence-electron chi connectivity index (χ2n) is 3.62. The van der Waals surface area contributed by atoms with Crippen LogP contribution in [0.5, 0.6) is 0 Å². The van der Waals surface area contributed by atoms with Gasteiger partial charge in [-0.25, -0.2) is 9.67 Å². The van der Waals surface area contributed by atoms with Crippen molar-refractivity contribution in [2.45, 2.75) is 13.8 Å². The largest absolute Gasteiger partial charge is 0.389 e. The lowest BCUT2D eigenvalue weighted by atomic mass is 10.2. The maximum atomic E-state index is 5.75. The van der Waals surface area contributed by atoms with E-state index < -0.39 is 0 Å². The Balaban J connectivity index is 2.71. The average molecular weight is 311 g/mol. The summed E-state index contributed by atoms with van der Waals surface area (Å²) in [5.41, 5.74) is 7.36. The SMILES string of the molecule is Cc1nc(C)n(-c2cccc(Br)c2C(N)=S)n1. The highest BCUT2D eigenvalue weighted by atomic mass is 79.9. The zero-order chi connectivity index (χ0) is 12.6. The Morgan fingerprint density at radius 1 is 1.41 bits per heavy atom. The Labute approximate surface area is 113 Å². The van der Waals surface area contributed by atoms with E-state index in [0.29, 0.717) is 4.99 Å². The van der Waals surface area contributed by atoms with Crippen LogP contribution in [0.1, 0.15) is 17.2 Å². The van der Waals surface area contributed by atoms with Gasteiger partial charge in [-0.2, -0.15) is 5.10 Å². The maximum absolute atomic E-state index is 5.75. The lowest BCUT2D eigenvalue weighted by molar-refractivity contribution is 0.829. The van der Waals surface area contributed by atoms with Crippen LogP contribution in [0.2, 0.25) is 0 Å². The highest BCUT2D eigenvalue weighted by molar-refractivity contribution is 9.10. The lowest BCUT2D eigenvalue weighted by Gasteiger charge is -2.10. The van der Waals surface area contributed by atoms with Gasteiger partial charge < -0.3 is 5.73 Å². The number of aromatic nitrogens is 3. The standard InChI is InChI=1S/C11H11BrN4S/c1-6-14-7(2)16(15-6)9-5-3-4-8(12)10(9)11(13)17/h3-5H,1-2H3,(H2,13,17). The molecular formula is C11H11BrN4S. The number of hydrogen-bond acceptors (Lipinski definition) is 3. The summed E-state index contributed by atoms with van der Waals surface area (Å²) in [5.74, 6) is 1.52. The van der Waals surface area contributed by atoms with Crippen LogP contribution in [0.25, 0.3) is 5.69 Å². The third-order valence-electron chi connectivity index (χ3n) is 2.34. The van der Waals surface area contributed by atoms with Crippen molar-refractivity contribution in [3.8, 4) is 5.69 Å². The molecule has 2 aromatic rings. The Kier molecular flexibility index (Phi) is 3.26. The fraction of sp³-hybridized carbons (Fsp3) is 0.182. The highest BCUT2D eigenvalue weighted by Gasteiger charge is 2.14. The Hall–Kier alpha value is -1.27. The average Bonchev–Trinajstić information content (AvgIpc) is 2.56. The van der Waals surface area contributed by atoms with E-state index in [1.807, 2.05) is 32.0 Å². The zero-order valence-corrected chi connectivity index (χ0v) is 11.8. The Morgan fingerprint density at radius 2 is 2.12 bits per heavy atom. The van der Waals surface area contributed by atoms with Crippen molar-refractivity contribution < 1.29 is 0 Å². The van der Waals surface area contributed by atoms with Crippen molar-refractivity contribution >= 4 is 33.1 Å². The van der Waals surface area contributed by atoms with Crippen LogP contribution in [0.4, 0.5) is 0 Å². The molecule has 0 aliphatic heterocycles. The molecule has 0 amide bonds. The van der Waals surface area contributed by atoms with Crippen molar-refractivity contribution in [1.82, 2.24) is 14.8 Å². The first-order chi connectivity index (χ1) is 8.00. The molecule has 1 aromatic heterocycles. The maximum Gasteiger partial charge on any atom is 0.148 e. The molecule has 1 aromatic carbocycles. The smallest absolute Gasteiger partial charge is 0.148 e. The Morgan fingerprint density at radius 3 is 2.65 bits per heavy atom. The lowest BCUT2D eigenvalue weighted by Crippen LogP contribution is -2.15. The van der Waals surface area contributed by atoms with E-state index in [1.54, 1.807) is 4.68 Å². The number of aryl methyl sites for hydroxylation is 2. The van der Waals surface area contributed by atoms with Crippen molar-refractivity contribution in [1.29, 1.82) is 0 Å². The minimum absolute atomic E-state index is 0.333. The summed E-state index contributed by atoms with van der Waals surface area (Å²) in [6.45, 7) is 3.74. The fourth-order valence-corrected chi connectivity index (χ4v) is 2.60. The van der Waals surface area contributed by atoms with Gasteiger partial charge in [0.15, 0.2) is 0 Å². The molecule has 0 saturated carbocycles. The molecule has 2 rings (SSSR count). The molecule has 1 heterocycles. The van der Waals surface area contributed by atoms with Crippen molar-refractivity contribution in [2.75, 3.05) is 0 Å². The minimum Gasteiger partial charge on any atom is -0.389 e. The molecule has 0 aliphatic rings. The molecule has 0 fully saturated rings. The first kappa shape index (κ1) is 12.2. The summed E-state index contributed by atoms with van der Waals surface area (Å²) >= 11 is 8.52. The molecule has 88 valence electrons. The van der Waals surface area contributed by atoms with Gasteiger partial charge in [0.1, 0.15) is 16.6 Å². The predicted molar refractivity (Wildman–Crippen MR) is 74.4 cm³/mol. The van der Waals surface area contributed by atoms with Crippen LogP contribution in [0, 0.1) is 13.8 Å². The second-order valence-corrected chi connectivity index (χ2v) is 4.91. The van der Waals surface area contributed by atoms with Gasteiger partial charge in [0, 0.05) is 10.0 Å². The summed E-state index contributed by atoms with van der Waals surface area (Å²) in [5, 5.41) is 4.33. The van der Waals surface area contributed by atoms with Gasteiger partial charge in [-0.15, -0.1) is 0 Å². The van der Waals surface area contributed by atoms with Crippen LogP contribution in [0.3, 0.4) is 0 Å². The molecule has 4 nitrogen and oxygen atoms in total. The van der Waals surface area contributed by atoms with E-state index in [9.17, 15) is 0 Å². The monoisotopic (exact) mass is 310 g/mol. The fourth-order valence-electron chi connectivity index (χ4n) is 1.68. The number of rotatable bonds is 2. The van der Waals surface area contributed by atoms with Gasteiger partial charge in [-0.3, -0.25) is 0 Å². The molecule has 0 aliphatic carbocycles. The summed E-state index contributed by atoms with van der Waals surface area (Å²) in [4.78, 5) is 4.60. The van der Waals surface area contributed by atoms with Gasteiger partial charge in [0.2, 0.25) is 0 Å². The minimum atomic E-state index is 0.333. The second kappa shape index (κ2) is 4.54. The number of nitrogens with zero attached hydrogens (tertiary/aromatic N) is 3. The molecule has 0 saturated heterocycles. The predicted octanol–water partition coefficient (Wildman–Crippen LogP) is 2.28. The van der Waals surface area contributed by atoms with Gasteiger partial charge in [-0.1, -0.05) is 18.3 Å². The van der Waals surface area contributed by atoms with Crippen LogP contribution in [0.15, 0.2) is 22.7 Å². The Bertz CT molecular complexity index is 591. The van der Waals surface area contributed by atoms with Crippen LogP contribution in [-0.2, 0) is 0 Å². The van der Waals surface area contributed by atoms with Gasteiger partial charge in [0.25, 0.3) is 0 Å². The molecule has 6 heteroatoms. The molecule has 2 N–H and O–H groups in total. The third kappa shape index (κ3) is 2.23. The van der Waals surface area contributed by atoms with E-state index in [1.165, 1.54) is 0 Å². The van der Waals surface area contributed by atoms with Crippen LogP contribution < -0.4 is 5.73 Å². The van der Waals surface area contributed by atoms with Gasteiger partial charge >= 0.3 is 0 Å². The zero-order valence-electron chi connectivity index (χ0n) is 9.44. The summed E-state index contributed by atoms with van der Waals surface area (Å²) in [7, 11) is 0.